The minimum atomic E-state index is -0.602. The fourth-order valence-corrected chi connectivity index (χ4v) is 10.6. The molecule has 5 aromatic rings. The first-order valence-corrected chi connectivity index (χ1v) is 20.2. The van der Waals surface area contributed by atoms with Crippen LogP contribution in [0.25, 0.3) is 16.8 Å². The lowest BCUT2D eigenvalue weighted by Crippen LogP contribution is -2.61. The molecule has 278 valence electrons. The van der Waals surface area contributed by atoms with Crippen molar-refractivity contribution in [1.29, 1.82) is 0 Å². The van der Waals surface area contributed by atoms with Gasteiger partial charge in [0.25, 0.3) is 0 Å². The summed E-state index contributed by atoms with van der Waals surface area (Å²) in [6.45, 7) is 0.455. The van der Waals surface area contributed by atoms with Gasteiger partial charge in [0.05, 0.1) is 24.5 Å². The van der Waals surface area contributed by atoms with Crippen LogP contribution in [0, 0.1) is 17.8 Å². The second kappa shape index (κ2) is 15.3. The number of aliphatic hydroxyl groups excluding tert-OH is 1. The number of benzene rings is 4. The molecule has 5 fully saturated rings. The Balaban J connectivity index is 0.893. The number of carbonyl (C=O) groups is 1. The molecular formula is C43H46N6O4S. The molecule has 3 atom stereocenters. The van der Waals surface area contributed by atoms with E-state index in [2.05, 4.69) is 56.5 Å². The van der Waals surface area contributed by atoms with E-state index in [0.717, 1.165) is 76.1 Å². The lowest BCUT2D eigenvalue weighted by atomic mass is 9.53. The van der Waals surface area contributed by atoms with Crippen LogP contribution in [0.15, 0.2) is 108 Å². The summed E-state index contributed by atoms with van der Waals surface area (Å²) in [5.41, 5.74) is 6.85. The molecule has 0 spiro atoms. The van der Waals surface area contributed by atoms with Crippen molar-refractivity contribution in [3.05, 3.63) is 125 Å². The molecule has 11 heteroatoms. The maximum Gasteiger partial charge on any atom is 0.315 e. The zero-order chi connectivity index (χ0) is 36.5. The van der Waals surface area contributed by atoms with Gasteiger partial charge in [-0.3, -0.25) is 0 Å². The molecule has 10 rings (SSSR count). The summed E-state index contributed by atoms with van der Waals surface area (Å²) in [5.74, 6) is 2.98. The van der Waals surface area contributed by atoms with Crippen molar-refractivity contribution in [3.63, 3.8) is 0 Å². The second-order valence-corrected chi connectivity index (χ2v) is 16.7. The Morgan fingerprint density at radius 2 is 1.52 bits per heavy atom. The molecule has 2 heterocycles. The van der Waals surface area contributed by atoms with E-state index in [4.69, 9.17) is 9.47 Å². The van der Waals surface area contributed by atoms with Crippen LogP contribution in [0.1, 0.15) is 79.6 Å². The molecule has 4 aromatic carbocycles. The quantitative estimate of drug-likeness (QED) is 0.117. The Morgan fingerprint density at radius 3 is 2.26 bits per heavy atom. The average Bonchev–Trinajstić information content (AvgIpc) is 3.68. The Morgan fingerprint density at radius 1 is 0.796 bits per heavy atom. The average molecular weight is 743 g/mol. The van der Waals surface area contributed by atoms with Gasteiger partial charge in [-0.15, -0.1) is 5.10 Å². The third kappa shape index (κ3) is 7.68. The number of carbonyl (C=O) groups excluding carboxylic acids is 1. The molecule has 4 aliphatic carbocycles. The van der Waals surface area contributed by atoms with Crippen molar-refractivity contribution in [2.75, 3.05) is 5.75 Å². The maximum absolute atomic E-state index is 13.2. The third-order valence-electron chi connectivity index (χ3n) is 11.7. The number of rotatable bonds is 11. The van der Waals surface area contributed by atoms with E-state index in [9.17, 15) is 9.90 Å². The number of para-hydroxylation sites is 1. The number of urea groups is 1. The number of nitrogens with one attached hydrogen (secondary N) is 2. The Hall–Kier alpha value is -4.55. The molecule has 1 aliphatic heterocycles. The molecule has 1 saturated heterocycles. The highest BCUT2D eigenvalue weighted by Crippen LogP contribution is 2.55. The number of nitrogens with zero attached hydrogens (tertiary/aromatic N) is 4. The van der Waals surface area contributed by atoms with Crippen molar-refractivity contribution in [2.45, 2.75) is 87.3 Å². The Labute approximate surface area is 320 Å². The molecular weight excluding hydrogens is 697 g/mol. The molecule has 10 nitrogen and oxygen atoms in total. The largest absolute Gasteiger partial charge is 0.392 e. The van der Waals surface area contributed by atoms with Gasteiger partial charge in [0.1, 0.15) is 0 Å². The van der Waals surface area contributed by atoms with Crippen LogP contribution in [0.5, 0.6) is 0 Å². The smallest absolute Gasteiger partial charge is 0.315 e. The number of ether oxygens (including phenoxy) is 2. The minimum Gasteiger partial charge on any atom is -0.392 e. The van der Waals surface area contributed by atoms with Crippen LogP contribution < -0.4 is 10.6 Å². The van der Waals surface area contributed by atoms with Crippen molar-refractivity contribution in [2.24, 2.45) is 17.8 Å². The van der Waals surface area contributed by atoms with E-state index >= 15 is 0 Å². The van der Waals surface area contributed by atoms with Gasteiger partial charge in [-0.2, -0.15) is 4.68 Å². The number of aliphatic hydroxyl groups is 1. The molecule has 4 saturated carbocycles. The summed E-state index contributed by atoms with van der Waals surface area (Å²) in [4.78, 5) is 13.2. The predicted molar refractivity (Wildman–Crippen MR) is 206 cm³/mol. The highest BCUT2D eigenvalue weighted by molar-refractivity contribution is 7.99. The van der Waals surface area contributed by atoms with E-state index in [1.165, 1.54) is 19.3 Å². The van der Waals surface area contributed by atoms with Crippen molar-refractivity contribution in [1.82, 2.24) is 30.8 Å². The van der Waals surface area contributed by atoms with Gasteiger partial charge in [0.15, 0.2) is 6.29 Å². The van der Waals surface area contributed by atoms with Gasteiger partial charge >= 0.3 is 6.03 Å². The molecule has 5 aliphatic rings. The SMILES string of the molecule is O=C(NCc1cccc(-c2cccc([C@@H]3O[C@H](CSc4nnnn4-c4ccccc4)C[C@H](c4ccc(CO)cc4)O3)c2)c1)NC12CC3CC(CC(C3)C1)C2. The minimum absolute atomic E-state index is 0.00791. The van der Waals surface area contributed by atoms with Gasteiger partial charge in [-0.05, 0) is 119 Å². The first-order valence-electron chi connectivity index (χ1n) is 19.2. The van der Waals surface area contributed by atoms with Gasteiger partial charge < -0.3 is 25.2 Å². The van der Waals surface area contributed by atoms with E-state index in [0.29, 0.717) is 23.9 Å². The van der Waals surface area contributed by atoms with E-state index in [-0.39, 0.29) is 30.4 Å². The molecule has 4 bridgehead atoms. The van der Waals surface area contributed by atoms with Crippen LogP contribution >= 0.6 is 11.8 Å². The highest BCUT2D eigenvalue weighted by Gasteiger charge is 2.51. The summed E-state index contributed by atoms with van der Waals surface area (Å²) >= 11 is 1.56. The van der Waals surface area contributed by atoms with Crippen LogP contribution in [-0.2, 0) is 22.6 Å². The van der Waals surface area contributed by atoms with Crippen LogP contribution in [0.2, 0.25) is 0 Å². The molecule has 3 N–H and O–H groups in total. The summed E-state index contributed by atoms with van der Waals surface area (Å²) in [5, 5.41) is 29.4. The monoisotopic (exact) mass is 742 g/mol. The van der Waals surface area contributed by atoms with Crippen molar-refractivity contribution >= 4 is 17.8 Å². The molecule has 1 aromatic heterocycles. The fourth-order valence-electron chi connectivity index (χ4n) is 9.65. The lowest BCUT2D eigenvalue weighted by Gasteiger charge is -2.56. The first-order chi connectivity index (χ1) is 26.5. The van der Waals surface area contributed by atoms with E-state index < -0.39 is 6.29 Å². The van der Waals surface area contributed by atoms with Crippen molar-refractivity contribution in [3.8, 4) is 16.8 Å². The molecule has 2 amide bonds. The van der Waals surface area contributed by atoms with Crippen LogP contribution in [-0.4, -0.2) is 48.7 Å². The standard InChI is InChI=1S/C43H46N6O4S/c50-26-28-12-14-33(15-13-28)39-21-38(27-54-42-46-47-48-49(42)37-10-2-1-3-11-37)52-40(53-39)36-9-5-8-35(20-36)34-7-4-6-29(19-34)25-44-41(51)45-43-22-30-16-31(23-43)18-32(17-30)24-43/h1-15,19-20,30-32,38-40,50H,16-18,21-27H2,(H2,44,45,51)/t30?,31?,32?,38-,39+,40+,43?/m0/s1. The van der Waals surface area contributed by atoms with Gasteiger partial charge in [0, 0.05) is 29.8 Å². The van der Waals surface area contributed by atoms with E-state index in [1.54, 1.807) is 16.4 Å². The number of thioether (sulfide) groups is 1. The maximum atomic E-state index is 13.2. The number of hydrogen-bond donors (Lipinski definition) is 3. The first kappa shape index (κ1) is 35.2. The predicted octanol–water partition coefficient (Wildman–Crippen LogP) is 7.93. The zero-order valence-electron chi connectivity index (χ0n) is 30.2. The number of hydrogen-bond acceptors (Lipinski definition) is 8. The Kier molecular flexibility index (Phi) is 9.96. The van der Waals surface area contributed by atoms with Gasteiger partial charge in [0.2, 0.25) is 5.16 Å². The van der Waals surface area contributed by atoms with E-state index in [1.807, 2.05) is 72.8 Å². The molecule has 54 heavy (non-hydrogen) atoms. The van der Waals surface area contributed by atoms with Crippen LogP contribution in [0.3, 0.4) is 0 Å². The molecule has 0 unspecified atom stereocenters. The number of tetrazole rings is 1. The Bertz CT molecular complexity index is 2040. The summed E-state index contributed by atoms with van der Waals surface area (Å²) in [6.07, 6.45) is 7.16. The number of aromatic nitrogens is 4. The summed E-state index contributed by atoms with van der Waals surface area (Å²) < 4.78 is 15.1. The molecule has 0 radical (unpaired) electrons. The highest BCUT2D eigenvalue weighted by atomic mass is 32.2. The lowest BCUT2D eigenvalue weighted by molar-refractivity contribution is -0.245. The van der Waals surface area contributed by atoms with Gasteiger partial charge in [-0.25, -0.2) is 4.79 Å². The van der Waals surface area contributed by atoms with Crippen molar-refractivity contribution < 1.29 is 19.4 Å². The van der Waals surface area contributed by atoms with Crippen LogP contribution in [0.4, 0.5) is 4.79 Å². The summed E-state index contributed by atoms with van der Waals surface area (Å²) in [7, 11) is 0. The topological polar surface area (TPSA) is 123 Å². The zero-order valence-corrected chi connectivity index (χ0v) is 31.0. The normalized spacial score (nSPS) is 27.1. The third-order valence-corrected chi connectivity index (χ3v) is 12.8. The second-order valence-electron chi connectivity index (χ2n) is 15.7. The number of amides is 2. The fraction of sp³-hybridized carbons (Fsp3) is 0.395. The summed E-state index contributed by atoms with van der Waals surface area (Å²) in [6, 6.07) is 34.4. The van der Waals surface area contributed by atoms with Gasteiger partial charge in [-0.1, -0.05) is 90.6 Å².